The highest BCUT2D eigenvalue weighted by molar-refractivity contribution is 5.74. The van der Waals surface area contributed by atoms with E-state index in [4.69, 9.17) is 4.42 Å². The first-order valence-corrected chi connectivity index (χ1v) is 6.40. The van der Waals surface area contributed by atoms with E-state index < -0.39 is 11.9 Å². The number of hydrogen-bond donors (Lipinski definition) is 1. The van der Waals surface area contributed by atoms with Gasteiger partial charge in [-0.1, -0.05) is 35.9 Å². The third-order valence-corrected chi connectivity index (χ3v) is 3.49. The summed E-state index contributed by atoms with van der Waals surface area (Å²) in [4.78, 5) is 11.5. The van der Waals surface area contributed by atoms with Gasteiger partial charge in [0.2, 0.25) is 0 Å². The smallest absolute Gasteiger partial charge is 0.408 e. The van der Waals surface area contributed by atoms with Crippen molar-refractivity contribution >= 4 is 11.1 Å². The maximum Gasteiger partial charge on any atom is 0.419 e. The molecule has 0 fully saturated rings. The zero-order valence-corrected chi connectivity index (χ0v) is 11.3. The molecular weight excluding hydrogens is 254 g/mol. The summed E-state index contributed by atoms with van der Waals surface area (Å²) in [5.41, 5.74) is 3.82. The van der Waals surface area contributed by atoms with Gasteiger partial charge in [-0.3, -0.25) is 4.57 Å². The molecular formula is C16H15NO3. The van der Waals surface area contributed by atoms with E-state index in [-0.39, 0.29) is 0 Å². The number of benzene rings is 2. The van der Waals surface area contributed by atoms with Crippen molar-refractivity contribution in [2.45, 2.75) is 13.0 Å². The second kappa shape index (κ2) is 4.65. The fourth-order valence-electron chi connectivity index (χ4n) is 2.35. The molecule has 1 heterocycles. The van der Waals surface area contributed by atoms with Crippen LogP contribution in [-0.2, 0) is 7.05 Å². The van der Waals surface area contributed by atoms with Gasteiger partial charge in [0.05, 0.1) is 5.52 Å². The monoisotopic (exact) mass is 269 g/mol. The number of aliphatic hydroxyl groups excluding tert-OH is 1. The standard InChI is InChI=1S/C16H15NO3/c1-10-4-3-5-11(8-10)15(18)12-6-7-13-14(9-12)20-16(19)17(13)2/h3-9,15,18H,1-2H3. The van der Waals surface area contributed by atoms with Crippen molar-refractivity contribution in [1.29, 1.82) is 0 Å². The van der Waals surface area contributed by atoms with E-state index in [9.17, 15) is 9.90 Å². The van der Waals surface area contributed by atoms with Crippen LogP contribution in [0.4, 0.5) is 0 Å². The van der Waals surface area contributed by atoms with Gasteiger partial charge in [-0.05, 0) is 30.2 Å². The zero-order chi connectivity index (χ0) is 14.3. The maximum atomic E-state index is 11.5. The number of aromatic nitrogens is 1. The van der Waals surface area contributed by atoms with Gasteiger partial charge < -0.3 is 9.52 Å². The van der Waals surface area contributed by atoms with E-state index in [2.05, 4.69) is 0 Å². The van der Waals surface area contributed by atoms with Crippen molar-refractivity contribution in [1.82, 2.24) is 4.57 Å². The lowest BCUT2D eigenvalue weighted by molar-refractivity contribution is 0.220. The van der Waals surface area contributed by atoms with E-state index >= 15 is 0 Å². The van der Waals surface area contributed by atoms with E-state index in [0.29, 0.717) is 11.1 Å². The fraction of sp³-hybridized carbons (Fsp3) is 0.188. The topological polar surface area (TPSA) is 55.4 Å². The van der Waals surface area contributed by atoms with Gasteiger partial charge in [-0.15, -0.1) is 0 Å². The second-order valence-corrected chi connectivity index (χ2v) is 4.97. The molecule has 2 aromatic carbocycles. The van der Waals surface area contributed by atoms with Gasteiger partial charge in [0.25, 0.3) is 0 Å². The van der Waals surface area contributed by atoms with Gasteiger partial charge >= 0.3 is 5.76 Å². The summed E-state index contributed by atoms with van der Waals surface area (Å²) >= 11 is 0. The lowest BCUT2D eigenvalue weighted by Gasteiger charge is -2.12. The number of oxazole rings is 1. The second-order valence-electron chi connectivity index (χ2n) is 4.97. The Hall–Kier alpha value is -2.33. The Bertz CT molecular complexity index is 829. The van der Waals surface area contributed by atoms with Crippen molar-refractivity contribution in [3.05, 3.63) is 69.7 Å². The predicted molar refractivity (Wildman–Crippen MR) is 76.7 cm³/mol. The Morgan fingerprint density at radius 2 is 1.90 bits per heavy atom. The van der Waals surface area contributed by atoms with Crippen LogP contribution in [0.2, 0.25) is 0 Å². The molecule has 3 rings (SSSR count). The van der Waals surface area contributed by atoms with Crippen molar-refractivity contribution in [2.75, 3.05) is 0 Å². The first-order valence-electron chi connectivity index (χ1n) is 6.40. The number of hydrogen-bond acceptors (Lipinski definition) is 3. The number of rotatable bonds is 2. The Morgan fingerprint density at radius 1 is 1.15 bits per heavy atom. The molecule has 0 radical (unpaired) electrons. The Balaban J connectivity index is 2.08. The summed E-state index contributed by atoms with van der Waals surface area (Å²) in [6.45, 7) is 1.98. The predicted octanol–water partition coefficient (Wildman–Crippen LogP) is 2.52. The average Bonchev–Trinajstić information content (AvgIpc) is 2.73. The molecule has 1 unspecified atom stereocenters. The Morgan fingerprint density at radius 3 is 2.65 bits per heavy atom. The number of nitrogens with zero attached hydrogens (tertiary/aromatic N) is 1. The largest absolute Gasteiger partial charge is 0.419 e. The third kappa shape index (κ3) is 2.04. The van der Waals surface area contributed by atoms with Crippen LogP contribution in [-0.4, -0.2) is 9.67 Å². The summed E-state index contributed by atoms with van der Waals surface area (Å²) in [5, 5.41) is 10.4. The highest BCUT2D eigenvalue weighted by Crippen LogP contribution is 2.25. The molecule has 0 aliphatic heterocycles. The molecule has 0 saturated heterocycles. The van der Waals surface area contributed by atoms with E-state index in [0.717, 1.165) is 16.6 Å². The number of fused-ring (bicyclic) bond motifs is 1. The number of aryl methyl sites for hydroxylation is 2. The van der Waals surface area contributed by atoms with Crippen LogP contribution in [0.25, 0.3) is 11.1 Å². The Kier molecular flexibility index (Phi) is 2.95. The molecule has 0 spiro atoms. The molecule has 0 bridgehead atoms. The first kappa shape index (κ1) is 12.7. The van der Waals surface area contributed by atoms with Crippen LogP contribution in [0.1, 0.15) is 22.8 Å². The van der Waals surface area contributed by atoms with Crippen molar-refractivity contribution in [2.24, 2.45) is 7.05 Å². The van der Waals surface area contributed by atoms with Crippen LogP contribution in [0.15, 0.2) is 51.7 Å². The quantitative estimate of drug-likeness (QED) is 0.777. The molecule has 0 amide bonds. The van der Waals surface area contributed by atoms with Gasteiger partial charge in [0.15, 0.2) is 5.58 Å². The summed E-state index contributed by atoms with van der Waals surface area (Å²) in [7, 11) is 1.66. The highest BCUT2D eigenvalue weighted by atomic mass is 16.4. The molecule has 1 N–H and O–H groups in total. The van der Waals surface area contributed by atoms with E-state index in [1.807, 2.05) is 37.3 Å². The lowest BCUT2D eigenvalue weighted by Crippen LogP contribution is -2.08. The third-order valence-electron chi connectivity index (χ3n) is 3.49. The molecule has 4 nitrogen and oxygen atoms in total. The van der Waals surface area contributed by atoms with E-state index in [1.165, 1.54) is 4.57 Å². The first-order chi connectivity index (χ1) is 9.56. The summed E-state index contributed by atoms with van der Waals surface area (Å²) in [6.07, 6.45) is -0.732. The minimum atomic E-state index is -0.732. The lowest BCUT2D eigenvalue weighted by atomic mass is 10.00. The SMILES string of the molecule is Cc1cccc(C(O)c2ccc3c(c2)oc(=O)n3C)c1. The molecule has 20 heavy (non-hydrogen) atoms. The molecule has 4 heteroatoms. The maximum absolute atomic E-state index is 11.5. The van der Waals surface area contributed by atoms with Crippen LogP contribution in [0.3, 0.4) is 0 Å². The molecule has 1 aromatic heterocycles. The van der Waals surface area contributed by atoms with Crippen LogP contribution in [0, 0.1) is 6.92 Å². The molecule has 0 saturated carbocycles. The molecule has 1 atom stereocenters. The summed E-state index contributed by atoms with van der Waals surface area (Å²) in [6, 6.07) is 13.0. The molecule has 102 valence electrons. The molecule has 3 aromatic rings. The molecule has 0 aliphatic rings. The fourth-order valence-corrected chi connectivity index (χ4v) is 2.35. The minimum absolute atomic E-state index is 0.401. The van der Waals surface area contributed by atoms with Gasteiger partial charge in [0.1, 0.15) is 6.10 Å². The van der Waals surface area contributed by atoms with Crippen molar-refractivity contribution in [3.8, 4) is 0 Å². The zero-order valence-electron chi connectivity index (χ0n) is 11.3. The van der Waals surface area contributed by atoms with Gasteiger partial charge in [0, 0.05) is 7.05 Å². The van der Waals surface area contributed by atoms with E-state index in [1.54, 1.807) is 19.2 Å². The summed E-state index contributed by atoms with van der Waals surface area (Å²) < 4.78 is 6.59. The minimum Gasteiger partial charge on any atom is -0.408 e. The van der Waals surface area contributed by atoms with Gasteiger partial charge in [-0.2, -0.15) is 0 Å². The van der Waals surface area contributed by atoms with Crippen molar-refractivity contribution < 1.29 is 9.52 Å². The van der Waals surface area contributed by atoms with Crippen molar-refractivity contribution in [3.63, 3.8) is 0 Å². The summed E-state index contributed by atoms with van der Waals surface area (Å²) in [5.74, 6) is -0.401. The van der Waals surface area contributed by atoms with Crippen LogP contribution < -0.4 is 5.76 Å². The molecule has 0 aliphatic carbocycles. The van der Waals surface area contributed by atoms with Gasteiger partial charge in [-0.25, -0.2) is 4.79 Å². The normalized spacial score (nSPS) is 12.8. The van der Waals surface area contributed by atoms with Crippen LogP contribution in [0.5, 0.6) is 0 Å². The van der Waals surface area contributed by atoms with Crippen LogP contribution >= 0.6 is 0 Å². The average molecular weight is 269 g/mol. The Labute approximate surface area is 115 Å². The highest BCUT2D eigenvalue weighted by Gasteiger charge is 2.13. The number of aliphatic hydroxyl groups is 1.